The molecule has 2 aliphatic rings. The second kappa shape index (κ2) is 7.83. The maximum atomic E-state index is 12.7. The van der Waals surface area contributed by atoms with Gasteiger partial charge in [0.2, 0.25) is 11.8 Å². The molecule has 0 bridgehead atoms. The molecule has 0 saturated carbocycles. The molecule has 6 heteroatoms. The Kier molecular flexibility index (Phi) is 6.26. The lowest BCUT2D eigenvalue weighted by Crippen LogP contribution is -2.54. The first kappa shape index (κ1) is 19.2. The van der Waals surface area contributed by atoms with Crippen molar-refractivity contribution in [1.29, 1.82) is 0 Å². The van der Waals surface area contributed by atoms with Gasteiger partial charge >= 0.3 is 0 Å². The fraction of sp³-hybridized carbons (Fsp3) is 0.889. The molecule has 2 heterocycles. The van der Waals surface area contributed by atoms with Gasteiger partial charge in [-0.15, -0.1) is 0 Å². The Morgan fingerprint density at radius 3 is 2.25 bits per heavy atom. The Hall–Kier alpha value is -1.14. The highest BCUT2D eigenvalue weighted by atomic mass is 16.3. The molecule has 24 heavy (non-hydrogen) atoms. The highest BCUT2D eigenvalue weighted by Gasteiger charge is 2.32. The number of hydrogen-bond acceptors (Lipinski definition) is 4. The van der Waals surface area contributed by atoms with Gasteiger partial charge in [-0.2, -0.15) is 0 Å². The second-order valence-corrected chi connectivity index (χ2v) is 8.31. The summed E-state index contributed by atoms with van der Waals surface area (Å²) in [6.07, 6.45) is 1.43. The molecule has 0 aromatic heterocycles. The maximum Gasteiger partial charge on any atom is 0.227 e. The number of carbonyl (C=O) groups excluding carboxylic acids is 2. The third-order valence-corrected chi connectivity index (χ3v) is 5.33. The molecule has 1 N–H and O–H groups in total. The molecule has 2 aliphatic heterocycles. The number of piperazine rings is 1. The summed E-state index contributed by atoms with van der Waals surface area (Å²) >= 11 is 0. The Morgan fingerprint density at radius 2 is 1.71 bits per heavy atom. The molecule has 0 aromatic carbocycles. The molecule has 0 unspecified atom stereocenters. The van der Waals surface area contributed by atoms with E-state index in [1.54, 1.807) is 11.8 Å². The van der Waals surface area contributed by atoms with Crippen LogP contribution in [0.4, 0.5) is 0 Å². The van der Waals surface area contributed by atoms with Crippen LogP contribution in [-0.2, 0) is 9.59 Å². The number of rotatable bonds is 3. The highest BCUT2D eigenvalue weighted by Crippen LogP contribution is 2.22. The van der Waals surface area contributed by atoms with Crippen LogP contribution >= 0.6 is 0 Å². The number of hydrogen-bond donors (Lipinski definition) is 1. The standard InChI is InChI=1S/C18H33N3O3/c1-14(22)21-7-5-6-15(12-21)17(24)20-10-8-19(9-11-20)13-16(23)18(2,3)4/h15-16,23H,5-13H2,1-4H3/t15-,16+/m1/s1. The van der Waals surface area contributed by atoms with E-state index in [0.29, 0.717) is 26.2 Å². The largest absolute Gasteiger partial charge is 0.391 e. The van der Waals surface area contributed by atoms with E-state index in [1.807, 2.05) is 25.7 Å². The van der Waals surface area contributed by atoms with Crippen molar-refractivity contribution >= 4 is 11.8 Å². The van der Waals surface area contributed by atoms with Gasteiger partial charge in [0.15, 0.2) is 0 Å². The molecule has 0 aromatic rings. The number of amides is 2. The first-order valence-corrected chi connectivity index (χ1v) is 9.13. The van der Waals surface area contributed by atoms with E-state index in [0.717, 1.165) is 32.5 Å². The Labute approximate surface area is 145 Å². The fourth-order valence-electron chi connectivity index (χ4n) is 3.39. The average Bonchev–Trinajstić information content (AvgIpc) is 2.54. The minimum Gasteiger partial charge on any atom is -0.391 e. The van der Waals surface area contributed by atoms with Crippen LogP contribution in [0.5, 0.6) is 0 Å². The summed E-state index contributed by atoms with van der Waals surface area (Å²) in [6, 6.07) is 0. The van der Waals surface area contributed by atoms with Crippen molar-refractivity contribution in [2.75, 3.05) is 45.8 Å². The smallest absolute Gasteiger partial charge is 0.227 e. The highest BCUT2D eigenvalue weighted by molar-refractivity contribution is 5.81. The minimum absolute atomic E-state index is 0.0469. The van der Waals surface area contributed by atoms with Crippen LogP contribution in [0.15, 0.2) is 0 Å². The van der Waals surface area contributed by atoms with Gasteiger partial charge in [0.05, 0.1) is 12.0 Å². The molecule has 2 saturated heterocycles. The summed E-state index contributed by atoms with van der Waals surface area (Å²) in [5.74, 6) is 0.208. The fourth-order valence-corrected chi connectivity index (χ4v) is 3.39. The van der Waals surface area contributed by atoms with Gasteiger partial charge in [-0.25, -0.2) is 0 Å². The summed E-state index contributed by atoms with van der Waals surface area (Å²) in [5.41, 5.74) is -0.120. The van der Waals surface area contributed by atoms with Crippen LogP contribution in [0.1, 0.15) is 40.5 Å². The van der Waals surface area contributed by atoms with E-state index in [-0.39, 0.29) is 29.3 Å². The summed E-state index contributed by atoms with van der Waals surface area (Å²) in [4.78, 5) is 30.2. The average molecular weight is 339 g/mol. The number of aliphatic hydroxyl groups excluding tert-OH is 1. The predicted octanol–water partition coefficient (Wildman–Crippen LogP) is 0.796. The van der Waals surface area contributed by atoms with E-state index >= 15 is 0 Å². The topological polar surface area (TPSA) is 64.1 Å². The number of carbonyl (C=O) groups is 2. The zero-order chi connectivity index (χ0) is 17.9. The maximum absolute atomic E-state index is 12.7. The molecule has 6 nitrogen and oxygen atoms in total. The van der Waals surface area contributed by atoms with Gasteiger partial charge < -0.3 is 14.9 Å². The molecule has 138 valence electrons. The van der Waals surface area contributed by atoms with Crippen LogP contribution in [0.3, 0.4) is 0 Å². The normalized spacial score (nSPS) is 24.8. The molecule has 0 radical (unpaired) electrons. The van der Waals surface area contributed by atoms with Crippen LogP contribution in [-0.4, -0.2) is 83.5 Å². The second-order valence-electron chi connectivity index (χ2n) is 8.31. The van der Waals surface area contributed by atoms with Crippen LogP contribution < -0.4 is 0 Å². The predicted molar refractivity (Wildman–Crippen MR) is 93.5 cm³/mol. The summed E-state index contributed by atoms with van der Waals surface area (Å²) in [7, 11) is 0. The molecule has 2 rings (SSSR count). The van der Waals surface area contributed by atoms with Gasteiger partial charge in [-0.05, 0) is 18.3 Å². The zero-order valence-electron chi connectivity index (χ0n) is 15.6. The number of aliphatic hydroxyl groups is 1. The SMILES string of the molecule is CC(=O)N1CCC[C@@H](C(=O)N2CCN(C[C@H](O)C(C)(C)C)CC2)C1. The molecule has 0 aliphatic carbocycles. The Balaban J connectivity index is 1.81. The van der Waals surface area contributed by atoms with Crippen molar-refractivity contribution in [3.8, 4) is 0 Å². The zero-order valence-corrected chi connectivity index (χ0v) is 15.6. The monoisotopic (exact) mass is 339 g/mol. The van der Waals surface area contributed by atoms with Crippen molar-refractivity contribution in [1.82, 2.24) is 14.7 Å². The Morgan fingerprint density at radius 1 is 1.08 bits per heavy atom. The van der Waals surface area contributed by atoms with E-state index in [1.165, 1.54) is 0 Å². The van der Waals surface area contributed by atoms with Crippen LogP contribution in [0.25, 0.3) is 0 Å². The van der Waals surface area contributed by atoms with Crippen molar-refractivity contribution < 1.29 is 14.7 Å². The molecular formula is C18H33N3O3. The van der Waals surface area contributed by atoms with Crippen molar-refractivity contribution in [3.05, 3.63) is 0 Å². The van der Waals surface area contributed by atoms with E-state index < -0.39 is 0 Å². The third kappa shape index (κ3) is 4.93. The quantitative estimate of drug-likeness (QED) is 0.826. The first-order valence-electron chi connectivity index (χ1n) is 9.13. The number of nitrogens with zero attached hydrogens (tertiary/aromatic N) is 3. The van der Waals surface area contributed by atoms with Gasteiger partial charge in [0.25, 0.3) is 0 Å². The molecule has 2 amide bonds. The first-order chi connectivity index (χ1) is 11.2. The lowest BCUT2D eigenvalue weighted by Gasteiger charge is -2.40. The van der Waals surface area contributed by atoms with Crippen LogP contribution in [0.2, 0.25) is 0 Å². The lowest BCUT2D eigenvalue weighted by atomic mass is 9.89. The van der Waals surface area contributed by atoms with Crippen molar-refractivity contribution in [2.45, 2.75) is 46.6 Å². The summed E-state index contributed by atoms with van der Waals surface area (Å²) in [5, 5.41) is 10.2. The lowest BCUT2D eigenvalue weighted by molar-refractivity contribution is -0.141. The number of piperidine rings is 1. The van der Waals surface area contributed by atoms with Crippen molar-refractivity contribution in [2.24, 2.45) is 11.3 Å². The van der Waals surface area contributed by atoms with E-state index in [4.69, 9.17) is 0 Å². The van der Waals surface area contributed by atoms with Crippen molar-refractivity contribution in [3.63, 3.8) is 0 Å². The van der Waals surface area contributed by atoms with E-state index in [2.05, 4.69) is 4.90 Å². The summed E-state index contributed by atoms with van der Waals surface area (Å²) < 4.78 is 0. The Bertz CT molecular complexity index is 453. The van der Waals surface area contributed by atoms with Gasteiger partial charge in [-0.1, -0.05) is 20.8 Å². The van der Waals surface area contributed by atoms with Crippen LogP contribution in [0, 0.1) is 11.3 Å². The van der Waals surface area contributed by atoms with Gasteiger partial charge in [0.1, 0.15) is 0 Å². The molecule has 0 spiro atoms. The summed E-state index contributed by atoms with van der Waals surface area (Å²) in [6.45, 7) is 12.8. The van der Waals surface area contributed by atoms with Gasteiger partial charge in [0, 0.05) is 52.7 Å². The number of likely N-dealkylation sites (tertiary alicyclic amines) is 1. The minimum atomic E-state index is -0.359. The molecule has 2 atom stereocenters. The van der Waals surface area contributed by atoms with E-state index in [9.17, 15) is 14.7 Å². The molecule has 2 fully saturated rings. The third-order valence-electron chi connectivity index (χ3n) is 5.33. The molecular weight excluding hydrogens is 306 g/mol. The van der Waals surface area contributed by atoms with Gasteiger partial charge in [-0.3, -0.25) is 14.5 Å². The number of β-amino-alcohol motifs (C(OH)–C–C–N with tert-alkyl or cyclic N) is 1.